The van der Waals surface area contributed by atoms with E-state index < -0.39 is 0 Å². The van der Waals surface area contributed by atoms with Gasteiger partial charge in [-0.05, 0) is 42.6 Å². The summed E-state index contributed by atoms with van der Waals surface area (Å²) in [5, 5.41) is 4.22. The molecule has 0 atom stereocenters. The Morgan fingerprint density at radius 1 is 1.25 bits per heavy atom. The maximum atomic E-state index is 5.85. The van der Waals surface area contributed by atoms with Crippen LogP contribution in [0.2, 0.25) is 0 Å². The van der Waals surface area contributed by atoms with Crippen molar-refractivity contribution in [2.75, 3.05) is 18.8 Å². The fraction of sp³-hybridized carbons (Fsp3) is 0.438. The average molecular weight is 272 g/mol. The lowest BCUT2D eigenvalue weighted by atomic mass is 10.1. The lowest BCUT2D eigenvalue weighted by Gasteiger charge is -2.21. The van der Waals surface area contributed by atoms with E-state index in [1.54, 1.807) is 0 Å². The Labute approximate surface area is 121 Å². The van der Waals surface area contributed by atoms with Crippen LogP contribution in [0, 0.1) is 0 Å². The van der Waals surface area contributed by atoms with Gasteiger partial charge in [-0.15, -0.1) is 0 Å². The van der Waals surface area contributed by atoms with E-state index >= 15 is 0 Å². The number of anilines is 1. The van der Waals surface area contributed by atoms with Gasteiger partial charge in [0.1, 0.15) is 0 Å². The van der Waals surface area contributed by atoms with Gasteiger partial charge in [-0.1, -0.05) is 19.1 Å². The number of nitrogens with two attached hydrogens (primary N) is 1. The Bertz CT molecular complexity index is 533. The zero-order valence-electron chi connectivity index (χ0n) is 12.4. The van der Waals surface area contributed by atoms with Crippen LogP contribution in [0.3, 0.4) is 0 Å². The molecule has 20 heavy (non-hydrogen) atoms. The Balaban J connectivity index is 1.92. The topological polar surface area (TPSA) is 47.1 Å². The summed E-state index contributed by atoms with van der Waals surface area (Å²) < 4.78 is 1.86. The molecule has 0 radical (unpaired) electrons. The zero-order valence-corrected chi connectivity index (χ0v) is 12.4. The van der Waals surface area contributed by atoms with Crippen molar-refractivity contribution in [1.29, 1.82) is 0 Å². The van der Waals surface area contributed by atoms with Gasteiger partial charge in [0.2, 0.25) is 0 Å². The lowest BCUT2D eigenvalue weighted by Crippen LogP contribution is -2.26. The number of hydrogen-bond donors (Lipinski definition) is 1. The van der Waals surface area contributed by atoms with Crippen LogP contribution in [0.1, 0.15) is 24.5 Å². The van der Waals surface area contributed by atoms with E-state index in [-0.39, 0.29) is 0 Å². The van der Waals surface area contributed by atoms with Crippen molar-refractivity contribution in [2.45, 2.75) is 26.3 Å². The molecule has 2 aromatic rings. The van der Waals surface area contributed by atoms with E-state index in [9.17, 15) is 0 Å². The molecular weight excluding hydrogens is 248 g/mol. The van der Waals surface area contributed by atoms with Gasteiger partial charge in [-0.3, -0.25) is 9.58 Å². The molecule has 4 heteroatoms. The largest absolute Gasteiger partial charge is 0.399 e. The summed E-state index contributed by atoms with van der Waals surface area (Å²) in [4.78, 5) is 2.47. The lowest BCUT2D eigenvalue weighted by molar-refractivity contribution is 0.269. The maximum absolute atomic E-state index is 5.85. The third-order valence-corrected chi connectivity index (χ3v) is 3.37. The molecule has 4 nitrogen and oxygen atoms in total. The summed E-state index contributed by atoms with van der Waals surface area (Å²) in [6.45, 7) is 5.33. The summed E-state index contributed by atoms with van der Waals surface area (Å²) in [6.07, 6.45) is 6.24. The van der Waals surface area contributed by atoms with E-state index in [1.807, 2.05) is 30.1 Å². The van der Waals surface area contributed by atoms with E-state index in [1.165, 1.54) is 11.1 Å². The molecule has 0 spiro atoms. The standard InChI is InChI=1S/C16H24N4/c1-3-8-20(9-7-15-11-18-19(2)12-15)13-14-5-4-6-16(17)10-14/h4-6,10-12H,3,7-9,13,17H2,1-2H3. The van der Waals surface area contributed by atoms with Crippen LogP contribution < -0.4 is 5.73 Å². The molecule has 0 aliphatic carbocycles. The summed E-state index contributed by atoms with van der Waals surface area (Å²) in [5.74, 6) is 0. The van der Waals surface area contributed by atoms with Gasteiger partial charge < -0.3 is 5.73 Å². The Morgan fingerprint density at radius 3 is 2.75 bits per heavy atom. The first-order chi connectivity index (χ1) is 9.67. The smallest absolute Gasteiger partial charge is 0.0522 e. The zero-order chi connectivity index (χ0) is 14.4. The molecule has 0 aliphatic rings. The molecule has 0 unspecified atom stereocenters. The van der Waals surface area contributed by atoms with E-state index in [0.29, 0.717) is 0 Å². The minimum absolute atomic E-state index is 0.839. The predicted octanol–water partition coefficient (Wildman–Crippen LogP) is 2.46. The molecule has 1 heterocycles. The highest BCUT2D eigenvalue weighted by atomic mass is 15.2. The number of aromatic nitrogens is 2. The van der Waals surface area contributed by atoms with Crippen molar-refractivity contribution in [3.63, 3.8) is 0 Å². The van der Waals surface area contributed by atoms with E-state index in [2.05, 4.69) is 35.3 Å². The monoisotopic (exact) mass is 272 g/mol. The molecule has 108 valence electrons. The van der Waals surface area contributed by atoms with Crippen LogP contribution in [0.15, 0.2) is 36.7 Å². The normalized spacial score (nSPS) is 11.2. The summed E-state index contributed by atoms with van der Waals surface area (Å²) in [5.41, 5.74) is 9.26. The first-order valence-corrected chi connectivity index (χ1v) is 7.21. The molecule has 1 aromatic heterocycles. The maximum Gasteiger partial charge on any atom is 0.0522 e. The molecule has 0 saturated heterocycles. The molecule has 2 rings (SSSR count). The number of benzene rings is 1. The number of aryl methyl sites for hydroxylation is 1. The first kappa shape index (κ1) is 14.6. The highest BCUT2D eigenvalue weighted by molar-refractivity contribution is 5.40. The minimum Gasteiger partial charge on any atom is -0.399 e. The second kappa shape index (κ2) is 7.10. The van der Waals surface area contributed by atoms with Gasteiger partial charge in [0, 0.05) is 32.0 Å². The van der Waals surface area contributed by atoms with E-state index in [0.717, 1.165) is 38.2 Å². The van der Waals surface area contributed by atoms with Crippen molar-refractivity contribution in [3.8, 4) is 0 Å². The highest BCUT2D eigenvalue weighted by Gasteiger charge is 2.06. The third-order valence-electron chi connectivity index (χ3n) is 3.37. The predicted molar refractivity (Wildman–Crippen MR) is 83.3 cm³/mol. The minimum atomic E-state index is 0.839. The van der Waals surface area contributed by atoms with Crippen molar-refractivity contribution in [1.82, 2.24) is 14.7 Å². The number of rotatable bonds is 7. The number of hydrogen-bond acceptors (Lipinski definition) is 3. The SMILES string of the molecule is CCCN(CCc1cnn(C)c1)Cc1cccc(N)c1. The summed E-state index contributed by atoms with van der Waals surface area (Å²) in [6, 6.07) is 8.16. The quantitative estimate of drug-likeness (QED) is 0.788. The fourth-order valence-electron chi connectivity index (χ4n) is 2.42. The number of nitrogen functional groups attached to an aromatic ring is 1. The molecule has 0 amide bonds. The van der Waals surface area contributed by atoms with Crippen LogP contribution in [0.4, 0.5) is 5.69 Å². The number of nitrogens with zero attached hydrogens (tertiary/aromatic N) is 3. The average Bonchev–Trinajstić information content (AvgIpc) is 2.82. The van der Waals surface area contributed by atoms with Crippen molar-refractivity contribution in [3.05, 3.63) is 47.8 Å². The van der Waals surface area contributed by atoms with E-state index in [4.69, 9.17) is 5.73 Å². The van der Waals surface area contributed by atoms with Gasteiger partial charge in [0.15, 0.2) is 0 Å². The molecule has 0 bridgehead atoms. The molecule has 0 aliphatic heterocycles. The summed E-state index contributed by atoms with van der Waals surface area (Å²) >= 11 is 0. The van der Waals surface area contributed by atoms with Crippen LogP contribution in [0.5, 0.6) is 0 Å². The fourth-order valence-corrected chi connectivity index (χ4v) is 2.42. The van der Waals surface area contributed by atoms with Crippen molar-refractivity contribution >= 4 is 5.69 Å². The van der Waals surface area contributed by atoms with Gasteiger partial charge in [0.05, 0.1) is 6.20 Å². The van der Waals surface area contributed by atoms with Crippen LogP contribution in [0.25, 0.3) is 0 Å². The second-order valence-electron chi connectivity index (χ2n) is 5.29. The van der Waals surface area contributed by atoms with Gasteiger partial charge in [0.25, 0.3) is 0 Å². The van der Waals surface area contributed by atoms with Crippen LogP contribution in [-0.4, -0.2) is 27.8 Å². The van der Waals surface area contributed by atoms with Crippen LogP contribution in [-0.2, 0) is 20.0 Å². The Kier molecular flexibility index (Phi) is 5.18. The molecule has 0 saturated carbocycles. The molecule has 1 aromatic carbocycles. The van der Waals surface area contributed by atoms with Gasteiger partial charge >= 0.3 is 0 Å². The second-order valence-corrected chi connectivity index (χ2v) is 5.29. The first-order valence-electron chi connectivity index (χ1n) is 7.21. The van der Waals surface area contributed by atoms with Gasteiger partial charge in [-0.25, -0.2) is 0 Å². The van der Waals surface area contributed by atoms with Crippen molar-refractivity contribution in [2.24, 2.45) is 7.05 Å². The molecule has 0 fully saturated rings. The van der Waals surface area contributed by atoms with Crippen molar-refractivity contribution < 1.29 is 0 Å². The Morgan fingerprint density at radius 2 is 2.10 bits per heavy atom. The molecule has 2 N–H and O–H groups in total. The third kappa shape index (κ3) is 4.38. The summed E-state index contributed by atoms with van der Waals surface area (Å²) in [7, 11) is 1.96. The highest BCUT2D eigenvalue weighted by Crippen LogP contribution is 2.11. The molecular formula is C16H24N4. The van der Waals surface area contributed by atoms with Crippen LogP contribution >= 0.6 is 0 Å². The van der Waals surface area contributed by atoms with Gasteiger partial charge in [-0.2, -0.15) is 5.10 Å². The Hall–Kier alpha value is -1.81.